The van der Waals surface area contributed by atoms with E-state index in [9.17, 15) is 4.79 Å². The Balaban J connectivity index is 2.38. The zero-order valence-electron chi connectivity index (χ0n) is 10.7. The fourth-order valence-corrected chi connectivity index (χ4v) is 1.83. The van der Waals surface area contributed by atoms with Gasteiger partial charge in [0.25, 0.3) is 0 Å². The van der Waals surface area contributed by atoms with Crippen molar-refractivity contribution in [2.24, 2.45) is 0 Å². The van der Waals surface area contributed by atoms with Gasteiger partial charge in [-0.05, 0) is 25.5 Å². The van der Waals surface area contributed by atoms with Crippen molar-refractivity contribution in [3.8, 4) is 0 Å². The van der Waals surface area contributed by atoms with Crippen LogP contribution in [0.1, 0.15) is 25.5 Å². The summed E-state index contributed by atoms with van der Waals surface area (Å²) < 4.78 is 5.13. The molecule has 2 N–H and O–H groups in total. The second-order valence-corrected chi connectivity index (χ2v) is 4.25. The van der Waals surface area contributed by atoms with Crippen molar-refractivity contribution in [2.45, 2.75) is 19.9 Å². The van der Waals surface area contributed by atoms with E-state index in [1.165, 1.54) is 0 Å². The minimum atomic E-state index is -0.220. The summed E-state index contributed by atoms with van der Waals surface area (Å²) >= 11 is 6.06. The molecule has 0 aliphatic heterocycles. The Morgan fingerprint density at radius 3 is 2.83 bits per heavy atom. The minimum absolute atomic E-state index is 0.134. The first-order chi connectivity index (χ1) is 8.65. The molecule has 0 aromatic heterocycles. The van der Waals surface area contributed by atoms with Crippen molar-refractivity contribution < 1.29 is 9.53 Å². The van der Waals surface area contributed by atoms with Crippen molar-refractivity contribution >= 4 is 17.6 Å². The molecule has 0 aliphatic carbocycles. The van der Waals surface area contributed by atoms with E-state index in [0.29, 0.717) is 24.8 Å². The van der Waals surface area contributed by atoms with Gasteiger partial charge in [0.05, 0.1) is 12.6 Å². The maximum Gasteiger partial charge on any atom is 0.315 e. The summed E-state index contributed by atoms with van der Waals surface area (Å²) in [4.78, 5) is 11.6. The lowest BCUT2D eigenvalue weighted by molar-refractivity contribution is 0.149. The molecule has 1 atom stereocenters. The van der Waals surface area contributed by atoms with E-state index in [1.54, 1.807) is 0 Å². The van der Waals surface area contributed by atoms with E-state index in [-0.39, 0.29) is 12.1 Å². The second-order valence-electron chi connectivity index (χ2n) is 3.84. The van der Waals surface area contributed by atoms with E-state index in [4.69, 9.17) is 16.3 Å². The number of carbonyl (C=O) groups excluding carboxylic acids is 1. The number of hydrogen-bond donors (Lipinski definition) is 2. The van der Waals surface area contributed by atoms with Gasteiger partial charge < -0.3 is 15.4 Å². The lowest BCUT2D eigenvalue weighted by Gasteiger charge is -2.16. The fraction of sp³-hybridized carbons (Fsp3) is 0.462. The number of nitrogens with one attached hydrogen (secondary N) is 2. The van der Waals surface area contributed by atoms with Gasteiger partial charge in [-0.1, -0.05) is 29.8 Å². The first-order valence-electron chi connectivity index (χ1n) is 6.01. The van der Waals surface area contributed by atoms with Gasteiger partial charge in [-0.2, -0.15) is 0 Å². The van der Waals surface area contributed by atoms with E-state index in [2.05, 4.69) is 10.6 Å². The Labute approximate surface area is 113 Å². The van der Waals surface area contributed by atoms with Crippen molar-refractivity contribution in [3.63, 3.8) is 0 Å². The second kappa shape index (κ2) is 7.95. The lowest BCUT2D eigenvalue weighted by atomic mass is 10.1. The molecule has 100 valence electrons. The highest BCUT2D eigenvalue weighted by atomic mass is 35.5. The van der Waals surface area contributed by atoms with Crippen LogP contribution in [0.25, 0.3) is 0 Å². The maximum absolute atomic E-state index is 11.6. The molecular weight excluding hydrogens is 252 g/mol. The molecule has 0 unspecified atom stereocenters. The molecule has 1 rings (SSSR count). The van der Waals surface area contributed by atoms with Crippen LogP contribution in [0.2, 0.25) is 5.02 Å². The highest BCUT2D eigenvalue weighted by Gasteiger charge is 2.11. The van der Waals surface area contributed by atoms with Gasteiger partial charge in [0.15, 0.2) is 0 Å². The van der Waals surface area contributed by atoms with Gasteiger partial charge in [-0.15, -0.1) is 0 Å². The topological polar surface area (TPSA) is 50.4 Å². The Kier molecular flexibility index (Phi) is 6.54. The summed E-state index contributed by atoms with van der Waals surface area (Å²) in [6.07, 6.45) is 0. The van der Waals surface area contributed by atoms with Crippen LogP contribution in [0.4, 0.5) is 4.79 Å². The van der Waals surface area contributed by atoms with Gasteiger partial charge in [0.2, 0.25) is 0 Å². The van der Waals surface area contributed by atoms with Crippen LogP contribution in [0, 0.1) is 0 Å². The average Bonchev–Trinajstić information content (AvgIpc) is 2.35. The quantitative estimate of drug-likeness (QED) is 0.781. The SMILES string of the molecule is CCOCCNC(=O)N[C@@H](C)c1ccccc1Cl. The van der Waals surface area contributed by atoms with Crippen molar-refractivity contribution in [1.29, 1.82) is 0 Å². The third-order valence-corrected chi connectivity index (χ3v) is 2.80. The number of carbonyl (C=O) groups is 1. The minimum Gasteiger partial charge on any atom is -0.380 e. The summed E-state index contributed by atoms with van der Waals surface area (Å²) in [5.41, 5.74) is 0.902. The molecule has 0 saturated carbocycles. The molecule has 0 spiro atoms. The molecule has 1 aromatic carbocycles. The third-order valence-electron chi connectivity index (χ3n) is 2.46. The van der Waals surface area contributed by atoms with E-state index in [0.717, 1.165) is 5.56 Å². The van der Waals surface area contributed by atoms with Crippen LogP contribution in [0.5, 0.6) is 0 Å². The molecule has 0 radical (unpaired) electrons. The molecule has 0 heterocycles. The number of benzene rings is 1. The number of halogens is 1. The van der Waals surface area contributed by atoms with Gasteiger partial charge in [0.1, 0.15) is 0 Å². The number of rotatable bonds is 6. The monoisotopic (exact) mass is 270 g/mol. The largest absolute Gasteiger partial charge is 0.380 e. The fourth-order valence-electron chi connectivity index (χ4n) is 1.53. The van der Waals surface area contributed by atoms with E-state index >= 15 is 0 Å². The molecule has 0 aliphatic rings. The molecule has 18 heavy (non-hydrogen) atoms. The maximum atomic E-state index is 11.6. The van der Waals surface area contributed by atoms with Crippen molar-refractivity contribution in [1.82, 2.24) is 10.6 Å². The predicted molar refractivity (Wildman–Crippen MR) is 72.9 cm³/mol. The van der Waals surface area contributed by atoms with Gasteiger partial charge in [-0.3, -0.25) is 0 Å². The Hall–Kier alpha value is -1.26. The van der Waals surface area contributed by atoms with Gasteiger partial charge in [-0.25, -0.2) is 4.79 Å². The van der Waals surface area contributed by atoms with Gasteiger partial charge >= 0.3 is 6.03 Å². The van der Waals surface area contributed by atoms with Crippen LogP contribution in [0.15, 0.2) is 24.3 Å². The standard InChI is InChI=1S/C13H19ClN2O2/c1-3-18-9-8-15-13(17)16-10(2)11-6-4-5-7-12(11)14/h4-7,10H,3,8-9H2,1-2H3,(H2,15,16,17)/t10-/m0/s1. The summed E-state index contributed by atoms with van der Waals surface area (Å²) in [7, 11) is 0. The Morgan fingerprint density at radius 1 is 1.44 bits per heavy atom. The molecule has 5 heteroatoms. The zero-order chi connectivity index (χ0) is 13.4. The molecule has 1 aromatic rings. The summed E-state index contributed by atoms with van der Waals surface area (Å²) in [6, 6.07) is 7.11. The molecule has 2 amide bonds. The molecule has 0 fully saturated rings. The molecule has 4 nitrogen and oxygen atoms in total. The van der Waals surface area contributed by atoms with Crippen LogP contribution in [-0.4, -0.2) is 25.8 Å². The highest BCUT2D eigenvalue weighted by Crippen LogP contribution is 2.21. The Bertz CT molecular complexity index is 385. The number of urea groups is 1. The normalized spacial score (nSPS) is 11.9. The first kappa shape index (κ1) is 14.8. The Morgan fingerprint density at radius 2 is 2.17 bits per heavy atom. The smallest absolute Gasteiger partial charge is 0.315 e. The van der Waals surface area contributed by atoms with Crippen LogP contribution in [-0.2, 0) is 4.74 Å². The summed E-state index contributed by atoms with van der Waals surface area (Å²) in [5.74, 6) is 0. The van der Waals surface area contributed by atoms with Crippen molar-refractivity contribution in [3.05, 3.63) is 34.9 Å². The van der Waals surface area contributed by atoms with Crippen LogP contribution >= 0.6 is 11.6 Å². The molecular formula is C13H19ClN2O2. The molecule has 0 saturated heterocycles. The predicted octanol–water partition coefficient (Wildman–Crippen LogP) is 2.74. The van der Waals surface area contributed by atoms with Crippen LogP contribution < -0.4 is 10.6 Å². The number of hydrogen-bond acceptors (Lipinski definition) is 2. The van der Waals surface area contributed by atoms with Gasteiger partial charge in [0, 0.05) is 18.2 Å². The summed E-state index contributed by atoms with van der Waals surface area (Å²) in [6.45, 7) is 5.47. The first-order valence-corrected chi connectivity index (χ1v) is 6.39. The van der Waals surface area contributed by atoms with Crippen LogP contribution in [0.3, 0.4) is 0 Å². The third kappa shape index (κ3) is 4.94. The molecule has 0 bridgehead atoms. The number of amides is 2. The average molecular weight is 271 g/mol. The number of ether oxygens (including phenoxy) is 1. The highest BCUT2D eigenvalue weighted by molar-refractivity contribution is 6.31. The lowest BCUT2D eigenvalue weighted by Crippen LogP contribution is -2.38. The van der Waals surface area contributed by atoms with Crippen molar-refractivity contribution in [2.75, 3.05) is 19.8 Å². The van der Waals surface area contributed by atoms with E-state index in [1.807, 2.05) is 38.1 Å². The van der Waals surface area contributed by atoms with E-state index < -0.39 is 0 Å². The summed E-state index contributed by atoms with van der Waals surface area (Å²) in [5, 5.41) is 6.20. The zero-order valence-corrected chi connectivity index (χ0v) is 11.5.